The molecule has 5 nitrogen and oxygen atoms in total. The average molecular weight is 354 g/mol. The van der Waals surface area contributed by atoms with Crippen molar-refractivity contribution in [3.63, 3.8) is 0 Å². The van der Waals surface area contributed by atoms with E-state index in [1.165, 1.54) is 6.92 Å². The third-order valence-corrected chi connectivity index (χ3v) is 4.55. The van der Waals surface area contributed by atoms with E-state index in [9.17, 15) is 9.59 Å². The molecule has 2 aromatic carbocycles. The van der Waals surface area contributed by atoms with Gasteiger partial charge in [-0.25, -0.2) is 4.79 Å². The van der Waals surface area contributed by atoms with Gasteiger partial charge in [-0.3, -0.25) is 4.79 Å². The standard InChI is InChI=1S/C21H22O5/c1-16(22)21(25-14-17-8-4-2-5-9-17)15-24-13-12-19(21)26-20(23)18-10-6-3-7-11-18/h2-11,19H,12-15H2,1H3. The number of carbonyl (C=O) groups excluding carboxylic acids is 2. The Kier molecular flexibility index (Phi) is 5.81. The number of ether oxygens (including phenoxy) is 3. The molecular formula is C21H22O5. The summed E-state index contributed by atoms with van der Waals surface area (Å²) in [6.45, 7) is 2.17. The molecule has 26 heavy (non-hydrogen) atoms. The minimum atomic E-state index is -1.29. The third-order valence-electron chi connectivity index (χ3n) is 4.55. The van der Waals surface area contributed by atoms with Crippen molar-refractivity contribution in [2.45, 2.75) is 31.7 Å². The molecule has 5 heteroatoms. The number of carbonyl (C=O) groups is 2. The van der Waals surface area contributed by atoms with Crippen molar-refractivity contribution < 1.29 is 23.8 Å². The lowest BCUT2D eigenvalue weighted by atomic mass is 9.88. The van der Waals surface area contributed by atoms with Crippen molar-refractivity contribution in [3.05, 3.63) is 71.8 Å². The van der Waals surface area contributed by atoms with E-state index in [-0.39, 0.29) is 19.0 Å². The maximum absolute atomic E-state index is 12.5. The zero-order valence-electron chi connectivity index (χ0n) is 14.7. The highest BCUT2D eigenvalue weighted by molar-refractivity contribution is 5.91. The van der Waals surface area contributed by atoms with Crippen LogP contribution < -0.4 is 0 Å². The Hall–Kier alpha value is -2.50. The largest absolute Gasteiger partial charge is 0.455 e. The quantitative estimate of drug-likeness (QED) is 0.746. The highest BCUT2D eigenvalue weighted by Gasteiger charge is 2.49. The van der Waals surface area contributed by atoms with E-state index in [2.05, 4.69) is 0 Å². The molecule has 0 aliphatic carbocycles. The van der Waals surface area contributed by atoms with Gasteiger partial charge in [-0.2, -0.15) is 0 Å². The Bertz CT molecular complexity index is 744. The molecule has 0 amide bonds. The van der Waals surface area contributed by atoms with Crippen LogP contribution in [0.25, 0.3) is 0 Å². The number of hydrogen-bond acceptors (Lipinski definition) is 5. The van der Waals surface area contributed by atoms with Crippen LogP contribution in [0, 0.1) is 0 Å². The molecule has 1 heterocycles. The van der Waals surface area contributed by atoms with Crippen LogP contribution in [-0.4, -0.2) is 36.7 Å². The first-order valence-electron chi connectivity index (χ1n) is 8.64. The van der Waals surface area contributed by atoms with Crippen LogP contribution in [0.5, 0.6) is 0 Å². The number of ketones is 1. The highest BCUT2D eigenvalue weighted by Crippen LogP contribution is 2.30. The molecule has 3 rings (SSSR count). The Morgan fingerprint density at radius 1 is 1.08 bits per heavy atom. The molecule has 0 bridgehead atoms. The summed E-state index contributed by atoms with van der Waals surface area (Å²) < 4.78 is 17.2. The molecular weight excluding hydrogens is 332 g/mol. The van der Waals surface area contributed by atoms with E-state index in [0.717, 1.165) is 5.56 Å². The van der Waals surface area contributed by atoms with E-state index in [4.69, 9.17) is 14.2 Å². The number of esters is 1. The van der Waals surface area contributed by atoms with Gasteiger partial charge in [0.05, 0.1) is 25.4 Å². The Labute approximate surface area is 152 Å². The number of benzene rings is 2. The van der Waals surface area contributed by atoms with Crippen LogP contribution in [0.1, 0.15) is 29.3 Å². The first-order valence-corrected chi connectivity index (χ1v) is 8.64. The number of rotatable bonds is 6. The van der Waals surface area contributed by atoms with Gasteiger partial charge >= 0.3 is 5.97 Å². The molecule has 1 aliphatic rings. The van der Waals surface area contributed by atoms with Crippen LogP contribution in [0.2, 0.25) is 0 Å². The predicted molar refractivity (Wildman–Crippen MR) is 95.7 cm³/mol. The first-order chi connectivity index (χ1) is 12.6. The molecule has 0 saturated carbocycles. The minimum Gasteiger partial charge on any atom is -0.455 e. The zero-order valence-corrected chi connectivity index (χ0v) is 14.7. The average Bonchev–Trinajstić information content (AvgIpc) is 2.68. The van der Waals surface area contributed by atoms with Gasteiger partial charge in [0.2, 0.25) is 0 Å². The second-order valence-corrected chi connectivity index (χ2v) is 6.32. The Balaban J connectivity index is 1.78. The Morgan fingerprint density at radius 3 is 2.38 bits per heavy atom. The lowest BCUT2D eigenvalue weighted by Gasteiger charge is -2.40. The summed E-state index contributed by atoms with van der Waals surface area (Å²) in [7, 11) is 0. The summed E-state index contributed by atoms with van der Waals surface area (Å²) in [6.07, 6.45) is -0.280. The Morgan fingerprint density at radius 2 is 1.73 bits per heavy atom. The van der Waals surface area contributed by atoms with Crippen molar-refractivity contribution >= 4 is 11.8 Å². The molecule has 1 saturated heterocycles. The monoisotopic (exact) mass is 354 g/mol. The topological polar surface area (TPSA) is 61.8 Å². The van der Waals surface area contributed by atoms with E-state index < -0.39 is 17.7 Å². The minimum absolute atomic E-state index is 0.0713. The van der Waals surface area contributed by atoms with Crippen LogP contribution in [0.4, 0.5) is 0 Å². The molecule has 2 unspecified atom stereocenters. The summed E-state index contributed by atoms with van der Waals surface area (Å²) >= 11 is 0. The second kappa shape index (κ2) is 8.25. The summed E-state index contributed by atoms with van der Waals surface area (Å²) in [4.78, 5) is 24.9. The van der Waals surface area contributed by atoms with E-state index in [1.54, 1.807) is 24.3 Å². The van der Waals surface area contributed by atoms with E-state index >= 15 is 0 Å². The molecule has 2 aromatic rings. The van der Waals surface area contributed by atoms with Gasteiger partial charge in [0, 0.05) is 6.42 Å². The first kappa shape index (κ1) is 18.3. The third kappa shape index (κ3) is 4.00. The van der Waals surface area contributed by atoms with Crippen LogP contribution >= 0.6 is 0 Å². The summed E-state index contributed by atoms with van der Waals surface area (Å²) in [5.41, 5.74) is 0.0877. The van der Waals surface area contributed by atoms with E-state index in [1.807, 2.05) is 36.4 Å². The number of Topliss-reactive ketones (excluding diaryl/α,β-unsaturated/α-hetero) is 1. The van der Waals surface area contributed by atoms with Crippen molar-refractivity contribution in [2.75, 3.05) is 13.2 Å². The molecule has 0 spiro atoms. The summed E-state index contributed by atoms with van der Waals surface area (Å²) in [5.74, 6) is -0.676. The van der Waals surface area contributed by atoms with Crippen LogP contribution in [0.15, 0.2) is 60.7 Å². The van der Waals surface area contributed by atoms with Gasteiger partial charge in [-0.05, 0) is 24.6 Å². The summed E-state index contributed by atoms with van der Waals surface area (Å²) in [6, 6.07) is 18.3. The SMILES string of the molecule is CC(=O)C1(OCc2ccccc2)COCCC1OC(=O)c1ccccc1. The van der Waals surface area contributed by atoms with E-state index in [0.29, 0.717) is 18.6 Å². The highest BCUT2D eigenvalue weighted by atomic mass is 16.6. The van der Waals surface area contributed by atoms with Crippen molar-refractivity contribution in [3.8, 4) is 0 Å². The van der Waals surface area contributed by atoms with Gasteiger partial charge in [-0.1, -0.05) is 48.5 Å². The second-order valence-electron chi connectivity index (χ2n) is 6.32. The number of hydrogen-bond donors (Lipinski definition) is 0. The molecule has 1 fully saturated rings. The lowest BCUT2D eigenvalue weighted by Crippen LogP contribution is -2.58. The lowest BCUT2D eigenvalue weighted by molar-refractivity contribution is -0.198. The maximum Gasteiger partial charge on any atom is 0.338 e. The molecule has 0 N–H and O–H groups in total. The van der Waals surface area contributed by atoms with Crippen LogP contribution in [-0.2, 0) is 25.6 Å². The fraction of sp³-hybridized carbons (Fsp3) is 0.333. The molecule has 0 radical (unpaired) electrons. The van der Waals surface area contributed by atoms with Crippen molar-refractivity contribution in [1.82, 2.24) is 0 Å². The van der Waals surface area contributed by atoms with Gasteiger partial charge in [0.15, 0.2) is 11.4 Å². The zero-order chi connectivity index (χ0) is 18.4. The van der Waals surface area contributed by atoms with Crippen molar-refractivity contribution in [2.24, 2.45) is 0 Å². The fourth-order valence-electron chi connectivity index (χ4n) is 3.02. The predicted octanol–water partition coefficient (Wildman–Crippen LogP) is 3.18. The maximum atomic E-state index is 12.5. The smallest absolute Gasteiger partial charge is 0.338 e. The molecule has 136 valence electrons. The van der Waals surface area contributed by atoms with Gasteiger partial charge in [-0.15, -0.1) is 0 Å². The van der Waals surface area contributed by atoms with Crippen molar-refractivity contribution in [1.29, 1.82) is 0 Å². The fourth-order valence-corrected chi connectivity index (χ4v) is 3.02. The summed E-state index contributed by atoms with van der Waals surface area (Å²) in [5, 5.41) is 0. The molecule has 0 aromatic heterocycles. The molecule has 1 aliphatic heterocycles. The molecule has 2 atom stereocenters. The van der Waals surface area contributed by atoms with Gasteiger partial charge in [0.25, 0.3) is 0 Å². The van der Waals surface area contributed by atoms with Gasteiger partial charge in [0.1, 0.15) is 6.10 Å². The van der Waals surface area contributed by atoms with Gasteiger partial charge < -0.3 is 14.2 Å². The normalized spacial score (nSPS) is 22.6. The van der Waals surface area contributed by atoms with Crippen LogP contribution in [0.3, 0.4) is 0 Å².